The summed E-state index contributed by atoms with van der Waals surface area (Å²) in [6.45, 7) is 6.38. The van der Waals surface area contributed by atoms with Crippen LogP contribution in [-0.2, 0) is 19.2 Å². The Morgan fingerprint density at radius 3 is 1.48 bits per heavy atom. The molecule has 0 aromatic carbocycles. The molecule has 138 valence electrons. The molecule has 0 aromatic heterocycles. The van der Waals surface area contributed by atoms with Crippen LogP contribution in [0.4, 0.5) is 0 Å². The van der Waals surface area contributed by atoms with Crippen molar-refractivity contribution in [3.63, 3.8) is 0 Å². The molecule has 0 saturated heterocycles. The quantitative estimate of drug-likeness (QED) is 0.301. The molecule has 0 rings (SSSR count). The number of nitrogens with two attached hydrogens (primary N) is 1. The molecular weight excluding hydrogens is 294 g/mol. The maximum Gasteiger partial charge on any atom is 0.324 e. The van der Waals surface area contributed by atoms with E-state index in [1.807, 2.05) is 6.92 Å². The number of carbonyl (C=O) groups is 2. The first-order valence-electron chi connectivity index (χ1n) is 9.17. The number of esters is 1. The lowest BCUT2D eigenvalue weighted by Crippen LogP contribution is -2.07. The molecule has 2 N–H and O–H groups in total. The summed E-state index contributed by atoms with van der Waals surface area (Å²) in [6.07, 6.45) is 14.0. The predicted octanol–water partition coefficient (Wildman–Crippen LogP) is 4.67. The number of carbonyl (C=O) groups excluding carboxylic acids is 2. The molecule has 0 atom stereocenters. The van der Waals surface area contributed by atoms with Crippen LogP contribution in [-0.4, -0.2) is 18.5 Å². The van der Waals surface area contributed by atoms with Gasteiger partial charge in [0.25, 0.3) is 0 Å². The number of ether oxygens (including phenoxy) is 1. The van der Waals surface area contributed by atoms with Crippen molar-refractivity contribution in [3.05, 3.63) is 0 Å². The average molecular weight is 331 g/mol. The molecule has 23 heavy (non-hydrogen) atoms. The van der Waals surface area contributed by atoms with E-state index in [0.29, 0.717) is 19.4 Å². The van der Waals surface area contributed by atoms with Gasteiger partial charge in [-0.15, -0.1) is 0 Å². The van der Waals surface area contributed by atoms with E-state index in [2.05, 4.69) is 17.7 Å². The van der Waals surface area contributed by atoms with Crippen LogP contribution in [0.3, 0.4) is 0 Å². The van der Waals surface area contributed by atoms with Crippen LogP contribution in [0.5, 0.6) is 0 Å². The number of rotatable bonds is 13. The van der Waals surface area contributed by atoms with E-state index in [1.165, 1.54) is 57.8 Å². The van der Waals surface area contributed by atoms with Crippen LogP contribution in [0, 0.1) is 0 Å². The molecule has 5 heteroatoms. The summed E-state index contributed by atoms with van der Waals surface area (Å²) in [5, 5.41) is 0. The van der Waals surface area contributed by atoms with Gasteiger partial charge in [0.2, 0.25) is 0 Å². The normalized spacial score (nSPS) is 9.74. The second kappa shape index (κ2) is 20.9. The van der Waals surface area contributed by atoms with Crippen molar-refractivity contribution in [1.29, 1.82) is 0 Å². The third-order valence-corrected chi connectivity index (χ3v) is 3.47. The molecule has 5 nitrogen and oxygen atoms in total. The largest absolute Gasteiger partial charge is 0.466 e. The fraction of sp³-hybridized carbons (Fsp3) is 0.889. The molecule has 0 fully saturated rings. The van der Waals surface area contributed by atoms with Crippen molar-refractivity contribution in [2.75, 3.05) is 6.61 Å². The standard InChI is InChI=1S/C15H30O2.C3H7NO2/c1-3-5-6-7-8-9-10-11-12-13-14-17-15(16)4-2;1-2-3(5)6-4/h3-14H2,1-2H3;2,4H2,1H3. The highest BCUT2D eigenvalue weighted by Crippen LogP contribution is 2.10. The molecule has 0 saturated carbocycles. The van der Waals surface area contributed by atoms with E-state index in [1.54, 1.807) is 6.92 Å². The van der Waals surface area contributed by atoms with Gasteiger partial charge in [-0.3, -0.25) is 9.59 Å². The predicted molar refractivity (Wildman–Crippen MR) is 93.7 cm³/mol. The van der Waals surface area contributed by atoms with Gasteiger partial charge in [0, 0.05) is 12.8 Å². The van der Waals surface area contributed by atoms with E-state index >= 15 is 0 Å². The molecule has 0 radical (unpaired) electrons. The second-order valence-corrected chi connectivity index (χ2v) is 5.60. The molecule has 0 aromatic rings. The summed E-state index contributed by atoms with van der Waals surface area (Å²) >= 11 is 0. The van der Waals surface area contributed by atoms with Crippen molar-refractivity contribution < 1.29 is 19.2 Å². The lowest BCUT2D eigenvalue weighted by Gasteiger charge is -2.03. The third kappa shape index (κ3) is 23.3. The van der Waals surface area contributed by atoms with Gasteiger partial charge in [-0.1, -0.05) is 78.6 Å². The van der Waals surface area contributed by atoms with Crippen LogP contribution in [0.25, 0.3) is 0 Å². The zero-order valence-electron chi connectivity index (χ0n) is 15.4. The molecule has 0 unspecified atom stereocenters. The minimum absolute atomic E-state index is 0.0686. The van der Waals surface area contributed by atoms with E-state index in [0.717, 1.165) is 6.42 Å². The highest BCUT2D eigenvalue weighted by molar-refractivity contribution is 5.68. The maximum absolute atomic E-state index is 10.8. The van der Waals surface area contributed by atoms with Crippen molar-refractivity contribution in [2.45, 2.75) is 97.8 Å². The molecule has 0 spiro atoms. The molecular formula is C18H37NO4. The zero-order valence-corrected chi connectivity index (χ0v) is 15.4. The van der Waals surface area contributed by atoms with Crippen LogP contribution >= 0.6 is 0 Å². The molecule has 0 aliphatic heterocycles. The van der Waals surface area contributed by atoms with Crippen molar-refractivity contribution in [1.82, 2.24) is 0 Å². The van der Waals surface area contributed by atoms with E-state index in [4.69, 9.17) is 4.74 Å². The van der Waals surface area contributed by atoms with Gasteiger partial charge in [0.15, 0.2) is 0 Å². The Labute approximate surface area is 142 Å². The zero-order chi connectivity index (χ0) is 17.8. The minimum Gasteiger partial charge on any atom is -0.466 e. The van der Waals surface area contributed by atoms with E-state index < -0.39 is 0 Å². The SMILES string of the molecule is CCC(=O)ON.CCCCCCCCCCCCOC(=O)CC. The molecule has 0 aliphatic rings. The van der Waals surface area contributed by atoms with Crippen LogP contribution < -0.4 is 5.90 Å². The Kier molecular flexibility index (Phi) is 22.0. The summed E-state index contributed by atoms with van der Waals surface area (Å²) in [7, 11) is 0. The molecule has 0 bridgehead atoms. The Balaban J connectivity index is 0. The Hall–Kier alpha value is -1.10. The van der Waals surface area contributed by atoms with Gasteiger partial charge in [0.1, 0.15) is 0 Å². The van der Waals surface area contributed by atoms with Crippen LogP contribution in [0.1, 0.15) is 97.8 Å². The Bertz CT molecular complexity index is 264. The Morgan fingerprint density at radius 1 is 0.696 bits per heavy atom. The first kappa shape index (κ1) is 24.2. The van der Waals surface area contributed by atoms with Gasteiger partial charge < -0.3 is 9.57 Å². The first-order valence-corrected chi connectivity index (χ1v) is 9.17. The van der Waals surface area contributed by atoms with Gasteiger partial charge in [0.05, 0.1) is 6.61 Å². The summed E-state index contributed by atoms with van der Waals surface area (Å²) in [6, 6.07) is 0. The summed E-state index contributed by atoms with van der Waals surface area (Å²) < 4.78 is 5.02. The van der Waals surface area contributed by atoms with Crippen molar-refractivity contribution in [3.8, 4) is 0 Å². The number of hydrogen-bond donors (Lipinski definition) is 1. The van der Waals surface area contributed by atoms with Gasteiger partial charge in [-0.25, -0.2) is 0 Å². The molecule has 0 amide bonds. The monoisotopic (exact) mass is 331 g/mol. The topological polar surface area (TPSA) is 78.6 Å². The van der Waals surface area contributed by atoms with Crippen molar-refractivity contribution in [2.24, 2.45) is 5.90 Å². The third-order valence-electron chi connectivity index (χ3n) is 3.47. The van der Waals surface area contributed by atoms with Crippen LogP contribution in [0.2, 0.25) is 0 Å². The fourth-order valence-electron chi connectivity index (χ4n) is 1.96. The highest BCUT2D eigenvalue weighted by atomic mass is 16.7. The molecule has 0 aliphatic carbocycles. The summed E-state index contributed by atoms with van der Waals surface area (Å²) in [5.74, 6) is 3.98. The van der Waals surface area contributed by atoms with E-state index in [-0.39, 0.29) is 11.9 Å². The lowest BCUT2D eigenvalue weighted by molar-refractivity contribution is -0.144. The Morgan fingerprint density at radius 2 is 1.13 bits per heavy atom. The van der Waals surface area contributed by atoms with E-state index in [9.17, 15) is 9.59 Å². The first-order chi connectivity index (χ1) is 11.1. The lowest BCUT2D eigenvalue weighted by atomic mass is 10.1. The summed E-state index contributed by atoms with van der Waals surface area (Å²) in [4.78, 5) is 24.4. The number of hydrogen-bond acceptors (Lipinski definition) is 5. The fourth-order valence-corrected chi connectivity index (χ4v) is 1.96. The molecule has 0 heterocycles. The van der Waals surface area contributed by atoms with Gasteiger partial charge in [-0.2, -0.15) is 5.90 Å². The smallest absolute Gasteiger partial charge is 0.324 e. The van der Waals surface area contributed by atoms with Crippen LogP contribution in [0.15, 0.2) is 0 Å². The van der Waals surface area contributed by atoms with Crippen molar-refractivity contribution >= 4 is 11.9 Å². The second-order valence-electron chi connectivity index (χ2n) is 5.60. The van der Waals surface area contributed by atoms with Gasteiger partial charge in [-0.05, 0) is 6.42 Å². The maximum atomic E-state index is 10.8. The highest BCUT2D eigenvalue weighted by Gasteiger charge is 1.97. The number of unbranched alkanes of at least 4 members (excludes halogenated alkanes) is 9. The minimum atomic E-state index is -0.380. The van der Waals surface area contributed by atoms with Gasteiger partial charge >= 0.3 is 11.9 Å². The average Bonchev–Trinajstić information content (AvgIpc) is 2.59. The summed E-state index contributed by atoms with van der Waals surface area (Å²) in [5.41, 5.74) is 0.